The molecule has 1 aliphatic rings. The van der Waals surface area contributed by atoms with Crippen molar-refractivity contribution in [1.82, 2.24) is 4.72 Å². The van der Waals surface area contributed by atoms with Crippen LogP contribution in [0.3, 0.4) is 0 Å². The van der Waals surface area contributed by atoms with E-state index in [0.717, 1.165) is 19.3 Å². The molecular formula is C23H26ClNNaO4S. The Morgan fingerprint density at radius 3 is 2.26 bits per heavy atom. The summed E-state index contributed by atoms with van der Waals surface area (Å²) >= 11 is 5.85. The molecule has 0 bridgehead atoms. The van der Waals surface area contributed by atoms with E-state index in [1.54, 1.807) is 12.1 Å². The number of nitrogens with one attached hydrogen (secondary N) is 1. The number of hydrogen-bond acceptors (Lipinski definition) is 3. The monoisotopic (exact) mass is 470 g/mol. The van der Waals surface area contributed by atoms with Gasteiger partial charge in [0.1, 0.15) is 0 Å². The molecule has 31 heavy (non-hydrogen) atoms. The van der Waals surface area contributed by atoms with Crippen molar-refractivity contribution < 1.29 is 18.3 Å². The SMILES string of the molecule is O=C(O)CCC=CCC1(CCNS(=O)(=O)c2ccc(Cl)cc2)Cc2ccccc2C1.[Na]. The van der Waals surface area contributed by atoms with Crippen LogP contribution in [0.5, 0.6) is 0 Å². The number of allylic oxidation sites excluding steroid dienone is 2. The van der Waals surface area contributed by atoms with Crippen molar-refractivity contribution in [2.45, 2.75) is 43.4 Å². The van der Waals surface area contributed by atoms with Gasteiger partial charge >= 0.3 is 5.97 Å². The van der Waals surface area contributed by atoms with E-state index in [-0.39, 0.29) is 46.3 Å². The number of carboxylic acids is 1. The average Bonchev–Trinajstić information content (AvgIpc) is 3.06. The van der Waals surface area contributed by atoms with Gasteiger partial charge in [-0.1, -0.05) is 48.0 Å². The van der Waals surface area contributed by atoms with Crippen molar-refractivity contribution in [2.75, 3.05) is 6.54 Å². The fourth-order valence-electron chi connectivity index (χ4n) is 4.00. The van der Waals surface area contributed by atoms with Crippen molar-refractivity contribution in [3.05, 3.63) is 76.8 Å². The minimum Gasteiger partial charge on any atom is -0.481 e. The summed E-state index contributed by atoms with van der Waals surface area (Å²) in [6.45, 7) is 0.335. The zero-order chi connectivity index (χ0) is 21.6. The standard InChI is InChI=1S/C23H26ClNO4S.Na/c24-20-9-11-21(12-10-20)30(28,29)25-15-14-23(13-5-1-2-8-22(26)27)16-18-6-3-4-7-19(18)17-23;/h1,3-7,9-12,25H,2,8,13-17H2,(H,26,27);. The number of fused-ring (bicyclic) bond motifs is 1. The minimum absolute atomic E-state index is 0. The third-order valence-corrected chi connectivity index (χ3v) is 7.29. The molecule has 0 atom stereocenters. The Morgan fingerprint density at radius 2 is 1.68 bits per heavy atom. The smallest absolute Gasteiger partial charge is 0.303 e. The van der Waals surface area contributed by atoms with Gasteiger partial charge in [0.2, 0.25) is 10.0 Å². The van der Waals surface area contributed by atoms with Gasteiger partial charge in [-0.2, -0.15) is 0 Å². The summed E-state index contributed by atoms with van der Waals surface area (Å²) < 4.78 is 27.9. The number of rotatable bonds is 10. The van der Waals surface area contributed by atoms with Crippen LogP contribution >= 0.6 is 11.6 Å². The van der Waals surface area contributed by atoms with Crippen molar-refractivity contribution in [2.24, 2.45) is 5.41 Å². The van der Waals surface area contributed by atoms with Crippen LogP contribution in [0.4, 0.5) is 0 Å². The third kappa shape index (κ3) is 7.45. The molecule has 2 aromatic rings. The second-order valence-corrected chi connectivity index (χ2v) is 10.0. The van der Waals surface area contributed by atoms with Crippen LogP contribution in [-0.2, 0) is 27.7 Å². The van der Waals surface area contributed by atoms with Gasteiger partial charge in [-0.25, -0.2) is 13.1 Å². The van der Waals surface area contributed by atoms with Crippen LogP contribution in [0.15, 0.2) is 65.6 Å². The summed E-state index contributed by atoms with van der Waals surface area (Å²) in [5.41, 5.74) is 2.53. The maximum Gasteiger partial charge on any atom is 0.303 e. The Labute approximate surface area is 211 Å². The summed E-state index contributed by atoms with van der Waals surface area (Å²) in [6.07, 6.45) is 7.82. The van der Waals surface area contributed by atoms with E-state index in [4.69, 9.17) is 16.7 Å². The Morgan fingerprint density at radius 1 is 1.06 bits per heavy atom. The number of sulfonamides is 1. The quantitative estimate of drug-likeness (QED) is 0.402. The molecule has 0 spiro atoms. The van der Waals surface area contributed by atoms with Crippen LogP contribution in [0.1, 0.15) is 36.8 Å². The Kier molecular flexibility index (Phi) is 9.80. The number of aliphatic carboxylic acids is 1. The summed E-state index contributed by atoms with van der Waals surface area (Å²) in [7, 11) is -3.59. The van der Waals surface area contributed by atoms with Gasteiger partial charge in [-0.15, -0.1) is 0 Å². The molecule has 2 N–H and O–H groups in total. The van der Waals surface area contributed by atoms with Crippen molar-refractivity contribution in [3.63, 3.8) is 0 Å². The summed E-state index contributed by atoms with van der Waals surface area (Å²) in [5.74, 6) is -0.806. The maximum atomic E-state index is 12.6. The summed E-state index contributed by atoms with van der Waals surface area (Å²) in [4.78, 5) is 10.9. The van der Waals surface area contributed by atoms with Gasteiger partial charge in [-0.3, -0.25) is 4.79 Å². The molecule has 0 saturated carbocycles. The summed E-state index contributed by atoms with van der Waals surface area (Å²) in [5, 5.41) is 9.28. The number of carbonyl (C=O) groups is 1. The fourth-order valence-corrected chi connectivity index (χ4v) is 5.16. The Hall–Kier alpha value is -1.15. The third-order valence-electron chi connectivity index (χ3n) is 5.56. The largest absolute Gasteiger partial charge is 0.481 e. The average molecular weight is 471 g/mol. The van der Waals surface area contributed by atoms with Crippen molar-refractivity contribution in [1.29, 1.82) is 0 Å². The molecule has 8 heteroatoms. The molecule has 2 aromatic carbocycles. The number of carboxylic acid groups (broad SMARTS) is 1. The predicted molar refractivity (Wildman–Crippen MR) is 124 cm³/mol. The molecule has 5 nitrogen and oxygen atoms in total. The molecule has 1 aliphatic carbocycles. The first-order chi connectivity index (χ1) is 14.3. The number of benzene rings is 2. The van der Waals surface area contributed by atoms with Crippen LogP contribution in [0, 0.1) is 5.41 Å². The fraction of sp³-hybridized carbons (Fsp3) is 0.348. The van der Waals surface area contributed by atoms with Gasteiger partial charge < -0.3 is 5.11 Å². The first kappa shape index (κ1) is 26.1. The van der Waals surface area contributed by atoms with Crippen LogP contribution in [-0.4, -0.2) is 55.6 Å². The van der Waals surface area contributed by atoms with Crippen molar-refractivity contribution in [3.8, 4) is 0 Å². The van der Waals surface area contributed by atoms with Crippen molar-refractivity contribution >= 4 is 57.2 Å². The van der Waals surface area contributed by atoms with E-state index in [0.29, 0.717) is 24.4 Å². The van der Waals surface area contributed by atoms with Gasteiger partial charge in [0.05, 0.1) is 4.90 Å². The first-order valence-corrected chi connectivity index (χ1v) is 11.8. The van der Waals surface area contributed by atoms with Crippen LogP contribution in [0.2, 0.25) is 5.02 Å². The minimum atomic E-state index is -3.59. The molecule has 0 saturated heterocycles. The molecule has 3 rings (SSSR count). The second-order valence-electron chi connectivity index (χ2n) is 7.83. The Bertz CT molecular complexity index is 997. The molecular weight excluding hydrogens is 445 g/mol. The van der Waals surface area contributed by atoms with E-state index in [1.165, 1.54) is 23.3 Å². The molecule has 0 heterocycles. The molecule has 0 aromatic heterocycles. The van der Waals surface area contributed by atoms with Crippen LogP contribution in [0.25, 0.3) is 0 Å². The number of hydrogen-bond donors (Lipinski definition) is 2. The topological polar surface area (TPSA) is 83.5 Å². The molecule has 0 aliphatic heterocycles. The van der Waals surface area contributed by atoms with Gasteiger partial charge in [0.15, 0.2) is 0 Å². The van der Waals surface area contributed by atoms with E-state index >= 15 is 0 Å². The molecule has 0 amide bonds. The molecule has 0 unspecified atom stereocenters. The predicted octanol–water partition coefficient (Wildman–Crippen LogP) is 4.22. The van der Waals surface area contributed by atoms with E-state index in [1.807, 2.05) is 24.3 Å². The van der Waals surface area contributed by atoms with Gasteiger partial charge in [-0.05, 0) is 72.9 Å². The van der Waals surface area contributed by atoms with Gasteiger partial charge in [0.25, 0.3) is 0 Å². The zero-order valence-corrected chi connectivity index (χ0v) is 21.3. The summed E-state index contributed by atoms with van der Waals surface area (Å²) in [6, 6.07) is 14.4. The molecule has 1 radical (unpaired) electrons. The van der Waals surface area contributed by atoms with E-state index in [2.05, 4.69) is 16.9 Å². The number of halogens is 1. The molecule has 0 fully saturated rings. The van der Waals surface area contributed by atoms with Gasteiger partial charge in [0, 0.05) is 47.5 Å². The second kappa shape index (κ2) is 11.6. The van der Waals surface area contributed by atoms with E-state index < -0.39 is 16.0 Å². The maximum absolute atomic E-state index is 12.6. The first-order valence-electron chi connectivity index (χ1n) is 9.99. The molecule has 161 valence electrons. The van der Waals surface area contributed by atoms with E-state index in [9.17, 15) is 13.2 Å². The normalized spacial score (nSPS) is 14.9. The zero-order valence-electron chi connectivity index (χ0n) is 17.7. The van der Waals surface area contributed by atoms with Crippen LogP contribution < -0.4 is 4.72 Å². The Balaban J connectivity index is 0.00000341.